The monoisotopic (exact) mass is 255 g/mol. The first-order valence-corrected chi connectivity index (χ1v) is 7.80. The van der Waals surface area contributed by atoms with Gasteiger partial charge in [0, 0.05) is 32.2 Å². The predicted molar refractivity (Wildman–Crippen MR) is 80.1 cm³/mol. The van der Waals surface area contributed by atoms with Gasteiger partial charge in [0.2, 0.25) is 0 Å². The Morgan fingerprint density at radius 3 is 2.28 bits per heavy atom. The average Bonchev–Trinajstić information content (AvgIpc) is 2.33. The highest BCUT2D eigenvalue weighted by Crippen LogP contribution is 2.17. The van der Waals surface area contributed by atoms with Gasteiger partial charge in [-0.25, -0.2) is 0 Å². The Kier molecular flexibility index (Phi) is 7.87. The quantitative estimate of drug-likeness (QED) is 0.814. The summed E-state index contributed by atoms with van der Waals surface area (Å²) in [6, 6.07) is 0.685. The summed E-state index contributed by atoms with van der Waals surface area (Å²) in [6.45, 7) is 14.1. The van der Waals surface area contributed by atoms with Crippen LogP contribution in [0.2, 0.25) is 0 Å². The zero-order valence-corrected chi connectivity index (χ0v) is 12.9. The standard InChI is InChI=1S/C12H25N3.C3H8/c1-11-9-15(8-5-13-11)10-12-3-6-14(2)7-4-12;1-3-2/h11-13H,3-10H2,1-2H3;3H2,1-2H3. The van der Waals surface area contributed by atoms with Gasteiger partial charge in [0.1, 0.15) is 0 Å². The van der Waals surface area contributed by atoms with Crippen molar-refractivity contribution in [1.29, 1.82) is 0 Å². The van der Waals surface area contributed by atoms with Crippen molar-refractivity contribution in [3.8, 4) is 0 Å². The second kappa shape index (κ2) is 8.89. The minimum Gasteiger partial charge on any atom is -0.312 e. The number of hydrogen-bond donors (Lipinski definition) is 1. The molecular weight excluding hydrogens is 222 g/mol. The van der Waals surface area contributed by atoms with Crippen LogP contribution in [0.4, 0.5) is 0 Å². The van der Waals surface area contributed by atoms with E-state index in [0.29, 0.717) is 6.04 Å². The van der Waals surface area contributed by atoms with Crippen molar-refractivity contribution in [3.63, 3.8) is 0 Å². The molecule has 0 aromatic carbocycles. The van der Waals surface area contributed by atoms with Gasteiger partial charge < -0.3 is 15.1 Å². The van der Waals surface area contributed by atoms with Gasteiger partial charge in [0.15, 0.2) is 0 Å². The van der Waals surface area contributed by atoms with E-state index < -0.39 is 0 Å². The third-order valence-corrected chi connectivity index (χ3v) is 3.81. The molecule has 0 saturated carbocycles. The molecule has 2 saturated heterocycles. The second-order valence-corrected chi connectivity index (χ2v) is 6.07. The average molecular weight is 255 g/mol. The first-order chi connectivity index (χ1) is 8.65. The van der Waals surface area contributed by atoms with Gasteiger partial charge >= 0.3 is 0 Å². The second-order valence-electron chi connectivity index (χ2n) is 6.07. The summed E-state index contributed by atoms with van der Waals surface area (Å²) in [5, 5.41) is 3.51. The van der Waals surface area contributed by atoms with Crippen LogP contribution in [0.15, 0.2) is 0 Å². The maximum Gasteiger partial charge on any atom is 0.0167 e. The maximum absolute atomic E-state index is 3.51. The van der Waals surface area contributed by atoms with Crippen molar-refractivity contribution in [2.75, 3.05) is 46.3 Å². The van der Waals surface area contributed by atoms with Gasteiger partial charge in [0.25, 0.3) is 0 Å². The van der Waals surface area contributed by atoms with Crippen molar-refractivity contribution in [2.45, 2.75) is 46.1 Å². The highest BCUT2D eigenvalue weighted by Gasteiger charge is 2.22. The minimum atomic E-state index is 0.685. The molecule has 0 radical (unpaired) electrons. The van der Waals surface area contributed by atoms with Crippen LogP contribution in [-0.2, 0) is 0 Å². The fourth-order valence-electron chi connectivity index (χ4n) is 2.79. The first-order valence-electron chi connectivity index (χ1n) is 7.80. The Bertz CT molecular complexity index is 200. The van der Waals surface area contributed by atoms with Crippen LogP contribution < -0.4 is 5.32 Å². The highest BCUT2D eigenvalue weighted by molar-refractivity contribution is 4.79. The van der Waals surface area contributed by atoms with E-state index in [1.807, 2.05) is 0 Å². The summed E-state index contributed by atoms with van der Waals surface area (Å²) in [5.74, 6) is 0.950. The van der Waals surface area contributed by atoms with Gasteiger partial charge in [-0.15, -0.1) is 0 Å². The third-order valence-electron chi connectivity index (χ3n) is 3.81. The summed E-state index contributed by atoms with van der Waals surface area (Å²) in [5.41, 5.74) is 0. The van der Waals surface area contributed by atoms with E-state index >= 15 is 0 Å². The van der Waals surface area contributed by atoms with Crippen molar-refractivity contribution in [3.05, 3.63) is 0 Å². The lowest BCUT2D eigenvalue weighted by Crippen LogP contribution is -2.51. The summed E-state index contributed by atoms with van der Waals surface area (Å²) < 4.78 is 0. The fourth-order valence-corrected chi connectivity index (χ4v) is 2.79. The molecule has 3 nitrogen and oxygen atoms in total. The van der Waals surface area contributed by atoms with Gasteiger partial charge in [-0.05, 0) is 45.8 Å². The van der Waals surface area contributed by atoms with E-state index in [-0.39, 0.29) is 0 Å². The number of piperidine rings is 1. The smallest absolute Gasteiger partial charge is 0.0167 e. The largest absolute Gasteiger partial charge is 0.312 e. The summed E-state index contributed by atoms with van der Waals surface area (Å²) in [7, 11) is 2.24. The van der Waals surface area contributed by atoms with Crippen molar-refractivity contribution in [1.82, 2.24) is 15.1 Å². The predicted octanol–water partition coefficient (Wildman–Crippen LogP) is 2.04. The summed E-state index contributed by atoms with van der Waals surface area (Å²) in [6.07, 6.45) is 4.05. The highest BCUT2D eigenvalue weighted by atomic mass is 15.2. The maximum atomic E-state index is 3.51. The van der Waals surface area contributed by atoms with Crippen LogP contribution in [0.3, 0.4) is 0 Å². The summed E-state index contributed by atoms with van der Waals surface area (Å²) in [4.78, 5) is 5.11. The number of hydrogen-bond acceptors (Lipinski definition) is 3. The van der Waals surface area contributed by atoms with Crippen LogP contribution in [-0.4, -0.2) is 62.2 Å². The SMILES string of the molecule is CC1CN(CC2CCN(C)CC2)CCN1.CCC. The van der Waals surface area contributed by atoms with Crippen LogP contribution in [0.5, 0.6) is 0 Å². The Morgan fingerprint density at radius 2 is 1.72 bits per heavy atom. The molecule has 0 bridgehead atoms. The molecule has 0 aromatic rings. The Labute approximate surface area is 114 Å². The molecular formula is C15H33N3. The molecule has 0 aromatic heterocycles. The van der Waals surface area contributed by atoms with Crippen LogP contribution in [0.1, 0.15) is 40.0 Å². The zero-order valence-electron chi connectivity index (χ0n) is 12.9. The molecule has 108 valence electrons. The minimum absolute atomic E-state index is 0.685. The van der Waals surface area contributed by atoms with Crippen molar-refractivity contribution in [2.24, 2.45) is 5.92 Å². The molecule has 1 atom stereocenters. The molecule has 3 heteroatoms. The molecule has 18 heavy (non-hydrogen) atoms. The van der Waals surface area contributed by atoms with E-state index in [4.69, 9.17) is 0 Å². The lowest BCUT2D eigenvalue weighted by atomic mass is 9.96. The molecule has 2 heterocycles. The normalized spacial score (nSPS) is 27.7. The number of likely N-dealkylation sites (tertiary alicyclic amines) is 1. The number of nitrogens with one attached hydrogen (secondary N) is 1. The lowest BCUT2D eigenvalue weighted by molar-refractivity contribution is 0.137. The molecule has 2 aliphatic rings. The van der Waals surface area contributed by atoms with Crippen molar-refractivity contribution >= 4 is 0 Å². The molecule has 0 amide bonds. The number of nitrogens with zero attached hydrogens (tertiary/aromatic N) is 2. The Balaban J connectivity index is 0.000000492. The van der Waals surface area contributed by atoms with E-state index in [1.54, 1.807) is 0 Å². The van der Waals surface area contributed by atoms with E-state index in [9.17, 15) is 0 Å². The molecule has 2 rings (SSSR count). The van der Waals surface area contributed by atoms with E-state index in [1.165, 1.54) is 58.5 Å². The van der Waals surface area contributed by atoms with E-state index in [0.717, 1.165) is 5.92 Å². The van der Waals surface area contributed by atoms with Gasteiger partial charge in [-0.1, -0.05) is 20.3 Å². The van der Waals surface area contributed by atoms with Gasteiger partial charge in [0.05, 0.1) is 0 Å². The van der Waals surface area contributed by atoms with Gasteiger partial charge in [-0.2, -0.15) is 0 Å². The number of rotatable bonds is 2. The molecule has 2 aliphatic heterocycles. The van der Waals surface area contributed by atoms with Crippen molar-refractivity contribution < 1.29 is 0 Å². The Morgan fingerprint density at radius 1 is 1.11 bits per heavy atom. The van der Waals surface area contributed by atoms with Crippen LogP contribution in [0, 0.1) is 5.92 Å². The van der Waals surface area contributed by atoms with Crippen LogP contribution in [0.25, 0.3) is 0 Å². The molecule has 0 aliphatic carbocycles. The first kappa shape index (κ1) is 15.9. The molecule has 1 N–H and O–H groups in total. The molecule has 1 unspecified atom stereocenters. The lowest BCUT2D eigenvalue weighted by Gasteiger charge is -2.37. The van der Waals surface area contributed by atoms with E-state index in [2.05, 4.69) is 42.9 Å². The van der Waals surface area contributed by atoms with Gasteiger partial charge in [-0.3, -0.25) is 0 Å². The number of piperazine rings is 1. The summed E-state index contributed by atoms with van der Waals surface area (Å²) >= 11 is 0. The third kappa shape index (κ3) is 6.17. The fraction of sp³-hybridized carbons (Fsp3) is 1.00. The Hall–Kier alpha value is -0.120. The van der Waals surface area contributed by atoms with Crippen LogP contribution >= 0.6 is 0 Å². The zero-order chi connectivity index (χ0) is 13.4. The molecule has 0 spiro atoms. The topological polar surface area (TPSA) is 18.5 Å². The molecule has 2 fully saturated rings.